The van der Waals surface area contributed by atoms with Gasteiger partial charge in [0.25, 0.3) is 5.91 Å². The second kappa shape index (κ2) is 7.69. The van der Waals surface area contributed by atoms with Gasteiger partial charge in [0.15, 0.2) is 0 Å². The highest BCUT2D eigenvalue weighted by Crippen LogP contribution is 2.49. The van der Waals surface area contributed by atoms with Gasteiger partial charge in [0.05, 0.1) is 17.1 Å². The smallest absolute Gasteiger partial charge is 0.252 e. The van der Waals surface area contributed by atoms with Gasteiger partial charge >= 0.3 is 0 Å². The number of benzene rings is 3. The molecule has 5 heteroatoms. The molecule has 2 heterocycles. The van der Waals surface area contributed by atoms with Gasteiger partial charge in [-0.25, -0.2) is 0 Å². The second-order valence-corrected chi connectivity index (χ2v) is 10.3. The van der Waals surface area contributed by atoms with Crippen molar-refractivity contribution in [2.45, 2.75) is 51.7 Å². The van der Waals surface area contributed by atoms with Crippen LogP contribution in [0.3, 0.4) is 0 Å². The summed E-state index contributed by atoms with van der Waals surface area (Å²) in [7, 11) is 1.90. The molecule has 1 saturated carbocycles. The molecule has 176 valence electrons. The first-order valence-electron chi connectivity index (χ1n) is 12.4. The Morgan fingerprint density at radius 2 is 1.86 bits per heavy atom. The number of hydrogen-bond acceptors (Lipinski definition) is 3. The van der Waals surface area contributed by atoms with Crippen LogP contribution < -0.4 is 10.6 Å². The van der Waals surface area contributed by atoms with Crippen molar-refractivity contribution in [1.29, 1.82) is 5.26 Å². The topological polar surface area (TPSA) is 69.8 Å². The van der Waals surface area contributed by atoms with E-state index in [2.05, 4.69) is 90.6 Å². The molecule has 5 nitrogen and oxygen atoms in total. The first kappa shape index (κ1) is 21.9. The van der Waals surface area contributed by atoms with E-state index in [0.29, 0.717) is 6.54 Å². The average molecular weight is 463 g/mol. The standard InChI is InChI=1S/C30H30N4O/c1-17-9-5-6-10-21(17)25-19(3)28-26(27-23(25)15-33-29(27)35)22-11-7-8-12-24(22)34(28)20-13-18(2)30(14-20,16-31)32-4/h5-12,18,20,32H,13-15H2,1-4H3,(H,33,35). The van der Waals surface area contributed by atoms with Crippen LogP contribution in [0, 0.1) is 31.1 Å². The summed E-state index contributed by atoms with van der Waals surface area (Å²) in [6.45, 7) is 7.06. The zero-order valence-corrected chi connectivity index (χ0v) is 20.7. The van der Waals surface area contributed by atoms with Gasteiger partial charge in [0, 0.05) is 28.9 Å². The summed E-state index contributed by atoms with van der Waals surface area (Å²) in [5.74, 6) is 0.219. The molecule has 3 atom stereocenters. The van der Waals surface area contributed by atoms with E-state index in [9.17, 15) is 10.1 Å². The largest absolute Gasteiger partial charge is 0.348 e. The number of aryl methyl sites for hydroxylation is 2. The number of aromatic nitrogens is 1. The van der Waals surface area contributed by atoms with E-state index in [1.54, 1.807) is 0 Å². The van der Waals surface area contributed by atoms with Crippen LogP contribution in [0.25, 0.3) is 32.9 Å². The van der Waals surface area contributed by atoms with Gasteiger partial charge in [-0.1, -0.05) is 49.4 Å². The third kappa shape index (κ3) is 2.87. The van der Waals surface area contributed by atoms with Crippen LogP contribution in [0.2, 0.25) is 0 Å². The van der Waals surface area contributed by atoms with Crippen LogP contribution in [0.15, 0.2) is 48.5 Å². The quantitative estimate of drug-likeness (QED) is 0.406. The van der Waals surface area contributed by atoms with E-state index in [4.69, 9.17) is 0 Å². The van der Waals surface area contributed by atoms with Crippen molar-refractivity contribution in [2.75, 3.05) is 7.05 Å². The average Bonchev–Trinajstić information content (AvgIpc) is 3.51. The maximum atomic E-state index is 13.3. The maximum Gasteiger partial charge on any atom is 0.252 e. The molecule has 6 rings (SSSR count). The van der Waals surface area contributed by atoms with E-state index < -0.39 is 5.54 Å². The highest BCUT2D eigenvalue weighted by atomic mass is 16.1. The lowest BCUT2D eigenvalue weighted by molar-refractivity contribution is 0.0967. The Morgan fingerprint density at radius 3 is 2.57 bits per heavy atom. The molecule has 2 N–H and O–H groups in total. The second-order valence-electron chi connectivity index (χ2n) is 10.3. The highest BCUT2D eigenvalue weighted by molar-refractivity contribution is 6.22. The lowest BCUT2D eigenvalue weighted by atomic mass is 9.87. The number of carbonyl (C=O) groups is 1. The summed E-state index contributed by atoms with van der Waals surface area (Å²) < 4.78 is 2.45. The summed E-state index contributed by atoms with van der Waals surface area (Å²) in [5.41, 5.74) is 8.36. The molecule has 1 fully saturated rings. The minimum atomic E-state index is -0.552. The Morgan fingerprint density at radius 1 is 1.11 bits per heavy atom. The van der Waals surface area contributed by atoms with E-state index in [1.165, 1.54) is 22.3 Å². The van der Waals surface area contributed by atoms with Crippen LogP contribution in [0.5, 0.6) is 0 Å². The van der Waals surface area contributed by atoms with Gasteiger partial charge < -0.3 is 15.2 Å². The zero-order valence-electron chi connectivity index (χ0n) is 20.7. The first-order valence-corrected chi connectivity index (χ1v) is 12.4. The van der Waals surface area contributed by atoms with Gasteiger partial charge in [-0.3, -0.25) is 4.79 Å². The number of nitriles is 1. The minimum absolute atomic E-state index is 0.00382. The lowest BCUT2D eigenvalue weighted by Crippen LogP contribution is -2.43. The maximum absolute atomic E-state index is 13.3. The van der Waals surface area contributed by atoms with Crippen molar-refractivity contribution in [1.82, 2.24) is 15.2 Å². The number of carbonyl (C=O) groups excluding carboxylic acids is 1. The van der Waals surface area contributed by atoms with Crippen LogP contribution in [-0.2, 0) is 6.54 Å². The number of amides is 1. The van der Waals surface area contributed by atoms with Crippen molar-refractivity contribution >= 4 is 27.7 Å². The SMILES string of the molecule is CNC1(C#N)CC(n2c3ccccc3c3c4c(c(-c5ccccc5C)c(C)c32)CNC4=O)CC1C. The molecular formula is C30H30N4O. The van der Waals surface area contributed by atoms with Crippen LogP contribution in [-0.4, -0.2) is 23.1 Å². The van der Waals surface area contributed by atoms with Crippen molar-refractivity contribution in [2.24, 2.45) is 5.92 Å². The third-order valence-electron chi connectivity index (χ3n) is 8.60. The van der Waals surface area contributed by atoms with Gasteiger partial charge in [0.2, 0.25) is 0 Å². The molecule has 1 aliphatic heterocycles. The minimum Gasteiger partial charge on any atom is -0.348 e. The highest BCUT2D eigenvalue weighted by Gasteiger charge is 2.46. The molecule has 1 aromatic heterocycles. The molecule has 1 aliphatic carbocycles. The molecule has 35 heavy (non-hydrogen) atoms. The van der Waals surface area contributed by atoms with Crippen molar-refractivity contribution < 1.29 is 4.79 Å². The Hall–Kier alpha value is -3.62. The predicted octanol–water partition coefficient (Wildman–Crippen LogP) is 5.77. The number of nitrogens with one attached hydrogen (secondary N) is 2. The molecule has 4 aromatic rings. The molecular weight excluding hydrogens is 432 g/mol. The predicted molar refractivity (Wildman–Crippen MR) is 140 cm³/mol. The molecule has 2 aliphatic rings. The number of rotatable bonds is 3. The fraction of sp³-hybridized carbons (Fsp3) is 0.333. The third-order valence-corrected chi connectivity index (χ3v) is 8.60. The summed E-state index contributed by atoms with van der Waals surface area (Å²) in [4.78, 5) is 13.3. The fourth-order valence-electron chi connectivity index (χ4n) is 6.81. The Balaban J connectivity index is 1.76. The Labute approximate surface area is 205 Å². The van der Waals surface area contributed by atoms with Crippen LogP contribution in [0.4, 0.5) is 0 Å². The molecule has 0 saturated heterocycles. The Kier molecular flexibility index (Phi) is 4.81. The molecule has 0 radical (unpaired) electrons. The normalized spacial score (nSPS) is 23.6. The van der Waals surface area contributed by atoms with Crippen molar-refractivity contribution in [3.8, 4) is 17.2 Å². The van der Waals surface area contributed by atoms with E-state index in [1.807, 2.05) is 7.05 Å². The monoisotopic (exact) mass is 462 g/mol. The fourth-order valence-corrected chi connectivity index (χ4v) is 6.81. The van der Waals surface area contributed by atoms with Gasteiger partial charge in [-0.2, -0.15) is 5.26 Å². The summed E-state index contributed by atoms with van der Waals surface area (Å²) in [6, 6.07) is 19.6. The van der Waals surface area contributed by atoms with Crippen molar-refractivity contribution in [3.63, 3.8) is 0 Å². The van der Waals surface area contributed by atoms with Gasteiger partial charge in [-0.15, -0.1) is 0 Å². The van der Waals surface area contributed by atoms with Gasteiger partial charge in [0.1, 0.15) is 5.54 Å². The Bertz CT molecular complexity index is 1570. The van der Waals surface area contributed by atoms with E-state index in [-0.39, 0.29) is 17.9 Å². The van der Waals surface area contributed by atoms with E-state index >= 15 is 0 Å². The van der Waals surface area contributed by atoms with Crippen molar-refractivity contribution in [3.05, 3.63) is 70.8 Å². The molecule has 3 aromatic carbocycles. The lowest BCUT2D eigenvalue weighted by Gasteiger charge is -2.25. The molecule has 3 unspecified atom stereocenters. The summed E-state index contributed by atoms with van der Waals surface area (Å²) in [5, 5.41) is 18.7. The number of nitrogens with zero attached hydrogens (tertiary/aromatic N) is 2. The molecule has 0 bridgehead atoms. The van der Waals surface area contributed by atoms with E-state index in [0.717, 1.165) is 45.8 Å². The number of hydrogen-bond donors (Lipinski definition) is 2. The van der Waals surface area contributed by atoms with Crippen LogP contribution in [0.1, 0.15) is 52.9 Å². The summed E-state index contributed by atoms with van der Waals surface area (Å²) >= 11 is 0. The number of fused-ring (bicyclic) bond motifs is 5. The summed E-state index contributed by atoms with van der Waals surface area (Å²) in [6.07, 6.45) is 1.64. The van der Waals surface area contributed by atoms with Gasteiger partial charge in [-0.05, 0) is 73.5 Å². The zero-order chi connectivity index (χ0) is 24.5. The van der Waals surface area contributed by atoms with Crippen LogP contribution >= 0.6 is 0 Å². The number of para-hydroxylation sites is 1. The molecule has 1 amide bonds. The first-order chi connectivity index (χ1) is 16.9. The molecule has 0 spiro atoms.